The Morgan fingerprint density at radius 1 is 1.00 bits per heavy atom. The average Bonchev–Trinajstić information content (AvgIpc) is 3.39. The number of nitrogens with two attached hydrogens (primary N) is 1. The maximum absolute atomic E-state index is 13.3. The van der Waals surface area contributed by atoms with Gasteiger partial charge in [0.2, 0.25) is 17.7 Å². The zero-order valence-electron chi connectivity index (χ0n) is 21.7. The molecule has 3 amide bonds. The van der Waals surface area contributed by atoms with E-state index >= 15 is 0 Å². The van der Waals surface area contributed by atoms with Crippen LogP contribution in [0.25, 0.3) is 0 Å². The van der Waals surface area contributed by atoms with E-state index in [0.29, 0.717) is 37.8 Å². The van der Waals surface area contributed by atoms with E-state index in [2.05, 4.69) is 21.3 Å². The number of aliphatic carboxylic acids is 1. The van der Waals surface area contributed by atoms with Crippen molar-refractivity contribution in [3.63, 3.8) is 0 Å². The number of carboxylic acids is 1. The number of carbonyl (C=O) groups excluding carboxylic acids is 3. The number of aromatic hydroxyl groups is 1. The monoisotopic (exact) mass is 519 g/mol. The molecule has 0 saturated carbocycles. The summed E-state index contributed by atoms with van der Waals surface area (Å²) in [6, 6.07) is 2.74. The third-order valence-corrected chi connectivity index (χ3v) is 6.29. The predicted molar refractivity (Wildman–Crippen MR) is 139 cm³/mol. The highest BCUT2D eigenvalue weighted by molar-refractivity contribution is 5.94. The molecular formula is C26H41N5O6. The molecule has 4 unspecified atom stereocenters. The topological polar surface area (TPSA) is 183 Å². The minimum Gasteiger partial charge on any atom is -0.508 e. The number of unbranched alkanes of at least 4 members (excludes halogenated alkanes) is 1. The third-order valence-electron chi connectivity index (χ3n) is 6.29. The lowest BCUT2D eigenvalue weighted by Gasteiger charge is -2.26. The van der Waals surface area contributed by atoms with Crippen LogP contribution in [0.5, 0.6) is 5.75 Å². The second kappa shape index (κ2) is 15.2. The largest absolute Gasteiger partial charge is 0.508 e. The standard InChI is InChI=1S/C26H41N5O6/c1-16(2)14-22(26(36)37)31-25(35)21(15-17-8-10-18(32)11-9-17)30-24(34)20(6-3-4-12-27)29-23(33)19-7-5-13-28-19/h8-11,16,19-22,28,32H,3-7,12-15,27H2,1-2H3,(H,29,33)(H,30,34)(H,31,35)(H,36,37). The number of phenols is 1. The van der Waals surface area contributed by atoms with Crippen molar-refractivity contribution in [3.05, 3.63) is 29.8 Å². The van der Waals surface area contributed by atoms with E-state index in [0.717, 1.165) is 13.0 Å². The van der Waals surface area contributed by atoms with Gasteiger partial charge in [-0.25, -0.2) is 4.79 Å². The molecule has 0 spiro atoms. The van der Waals surface area contributed by atoms with Gasteiger partial charge in [0.1, 0.15) is 23.9 Å². The van der Waals surface area contributed by atoms with Gasteiger partial charge < -0.3 is 37.2 Å². The van der Waals surface area contributed by atoms with Crippen LogP contribution in [0.1, 0.15) is 57.9 Å². The molecule has 1 fully saturated rings. The van der Waals surface area contributed by atoms with Crippen molar-refractivity contribution in [2.75, 3.05) is 13.1 Å². The summed E-state index contributed by atoms with van der Waals surface area (Å²) in [5, 5.41) is 30.3. The predicted octanol–water partition coefficient (Wildman–Crippen LogP) is 0.401. The molecule has 0 aliphatic carbocycles. The van der Waals surface area contributed by atoms with E-state index in [1.807, 2.05) is 13.8 Å². The summed E-state index contributed by atoms with van der Waals surface area (Å²) >= 11 is 0. The molecular weight excluding hydrogens is 478 g/mol. The normalized spacial score (nSPS) is 17.6. The Kier molecular flexibility index (Phi) is 12.3. The second-order valence-electron chi connectivity index (χ2n) is 9.96. The van der Waals surface area contributed by atoms with E-state index in [1.54, 1.807) is 12.1 Å². The van der Waals surface area contributed by atoms with Gasteiger partial charge in [0.15, 0.2) is 0 Å². The number of hydrogen-bond donors (Lipinski definition) is 7. The number of benzene rings is 1. The number of amides is 3. The van der Waals surface area contributed by atoms with Gasteiger partial charge in [-0.15, -0.1) is 0 Å². The molecule has 8 N–H and O–H groups in total. The molecule has 4 atom stereocenters. The SMILES string of the molecule is CC(C)CC(NC(=O)C(Cc1ccc(O)cc1)NC(=O)C(CCCCN)NC(=O)C1CCCN1)C(=O)O. The summed E-state index contributed by atoms with van der Waals surface area (Å²) < 4.78 is 0. The zero-order chi connectivity index (χ0) is 27.4. The van der Waals surface area contributed by atoms with E-state index in [1.165, 1.54) is 12.1 Å². The number of rotatable bonds is 15. The van der Waals surface area contributed by atoms with Crippen molar-refractivity contribution >= 4 is 23.7 Å². The highest BCUT2D eigenvalue weighted by Gasteiger charge is 2.31. The molecule has 0 aromatic heterocycles. The van der Waals surface area contributed by atoms with E-state index in [9.17, 15) is 29.4 Å². The minimum atomic E-state index is -1.16. The van der Waals surface area contributed by atoms with Crippen LogP contribution in [0, 0.1) is 5.92 Å². The summed E-state index contributed by atoms with van der Waals surface area (Å²) in [6.07, 6.45) is 3.48. The quantitative estimate of drug-likeness (QED) is 0.162. The molecule has 1 aromatic carbocycles. The summed E-state index contributed by atoms with van der Waals surface area (Å²) in [4.78, 5) is 51.0. The van der Waals surface area contributed by atoms with E-state index < -0.39 is 35.9 Å². The van der Waals surface area contributed by atoms with E-state index in [4.69, 9.17) is 5.73 Å². The summed E-state index contributed by atoms with van der Waals surface area (Å²) in [5.74, 6) is -2.52. The minimum absolute atomic E-state index is 0.0258. The van der Waals surface area contributed by atoms with Crippen LogP contribution in [-0.2, 0) is 25.6 Å². The lowest BCUT2D eigenvalue weighted by molar-refractivity contribution is -0.142. The number of carbonyl (C=O) groups is 4. The summed E-state index contributed by atoms with van der Waals surface area (Å²) in [7, 11) is 0. The summed E-state index contributed by atoms with van der Waals surface area (Å²) in [6.45, 7) is 4.89. The number of carboxylic acid groups (broad SMARTS) is 1. The molecule has 0 bridgehead atoms. The van der Waals surface area contributed by atoms with Crippen molar-refractivity contribution in [2.24, 2.45) is 11.7 Å². The van der Waals surface area contributed by atoms with Crippen molar-refractivity contribution in [2.45, 2.75) is 83.0 Å². The highest BCUT2D eigenvalue weighted by atomic mass is 16.4. The number of hydrogen-bond acceptors (Lipinski definition) is 7. The van der Waals surface area contributed by atoms with Crippen LogP contribution in [0.2, 0.25) is 0 Å². The molecule has 1 aliphatic rings. The molecule has 37 heavy (non-hydrogen) atoms. The Hall–Kier alpha value is -3.18. The van der Waals surface area contributed by atoms with Gasteiger partial charge in [-0.1, -0.05) is 26.0 Å². The zero-order valence-corrected chi connectivity index (χ0v) is 21.7. The smallest absolute Gasteiger partial charge is 0.326 e. The van der Waals surface area contributed by atoms with Gasteiger partial charge in [0.25, 0.3) is 0 Å². The lowest BCUT2D eigenvalue weighted by atomic mass is 10.0. The first-order chi connectivity index (χ1) is 17.6. The fourth-order valence-electron chi connectivity index (χ4n) is 4.26. The van der Waals surface area contributed by atoms with Crippen LogP contribution < -0.4 is 27.0 Å². The average molecular weight is 520 g/mol. The lowest BCUT2D eigenvalue weighted by Crippen LogP contribution is -2.57. The van der Waals surface area contributed by atoms with Gasteiger partial charge >= 0.3 is 5.97 Å². The first-order valence-electron chi connectivity index (χ1n) is 13.0. The van der Waals surface area contributed by atoms with Crippen LogP contribution in [-0.4, -0.2) is 71.2 Å². The highest BCUT2D eigenvalue weighted by Crippen LogP contribution is 2.13. The maximum atomic E-state index is 13.3. The molecule has 1 heterocycles. The molecule has 206 valence electrons. The van der Waals surface area contributed by atoms with Crippen LogP contribution in [0.4, 0.5) is 0 Å². The second-order valence-corrected chi connectivity index (χ2v) is 9.96. The van der Waals surface area contributed by atoms with Crippen molar-refractivity contribution < 1.29 is 29.4 Å². The molecule has 11 heteroatoms. The molecule has 1 aliphatic heterocycles. The fourth-order valence-corrected chi connectivity index (χ4v) is 4.26. The van der Waals surface area contributed by atoms with Crippen molar-refractivity contribution in [1.29, 1.82) is 0 Å². The Balaban J connectivity index is 2.21. The van der Waals surface area contributed by atoms with Crippen molar-refractivity contribution in [1.82, 2.24) is 21.3 Å². The molecule has 2 rings (SSSR count). The fraction of sp³-hybridized carbons (Fsp3) is 0.615. The van der Waals surface area contributed by atoms with Crippen LogP contribution >= 0.6 is 0 Å². The molecule has 0 radical (unpaired) electrons. The van der Waals surface area contributed by atoms with Gasteiger partial charge in [-0.05, 0) is 75.2 Å². The number of nitrogens with one attached hydrogen (secondary N) is 4. The molecule has 11 nitrogen and oxygen atoms in total. The van der Waals surface area contributed by atoms with Crippen LogP contribution in [0.3, 0.4) is 0 Å². The van der Waals surface area contributed by atoms with Crippen LogP contribution in [0.15, 0.2) is 24.3 Å². The Morgan fingerprint density at radius 3 is 2.22 bits per heavy atom. The van der Waals surface area contributed by atoms with Gasteiger partial charge in [0, 0.05) is 6.42 Å². The third kappa shape index (κ3) is 10.4. The van der Waals surface area contributed by atoms with E-state index in [-0.39, 0.29) is 36.5 Å². The number of phenolic OH excluding ortho intramolecular Hbond substituents is 1. The molecule has 1 aromatic rings. The maximum Gasteiger partial charge on any atom is 0.326 e. The Morgan fingerprint density at radius 2 is 1.65 bits per heavy atom. The molecule has 1 saturated heterocycles. The Labute approximate surface area is 217 Å². The van der Waals surface area contributed by atoms with Crippen molar-refractivity contribution in [3.8, 4) is 5.75 Å². The Bertz CT molecular complexity index is 901. The first-order valence-corrected chi connectivity index (χ1v) is 13.0. The summed E-state index contributed by atoms with van der Waals surface area (Å²) in [5.41, 5.74) is 6.26. The van der Waals surface area contributed by atoms with Gasteiger partial charge in [-0.3, -0.25) is 14.4 Å². The van der Waals surface area contributed by atoms with Gasteiger partial charge in [0.05, 0.1) is 6.04 Å². The van der Waals surface area contributed by atoms with Gasteiger partial charge in [-0.2, -0.15) is 0 Å². The first kappa shape index (κ1) is 30.0.